The van der Waals surface area contributed by atoms with Gasteiger partial charge in [0.25, 0.3) is 0 Å². The molecular weight excluding hydrogens is 180 g/mol. The maximum Gasteiger partial charge on any atom is 0.236 e. The lowest BCUT2D eigenvalue weighted by molar-refractivity contribution is -0.130. The van der Waals surface area contributed by atoms with E-state index in [4.69, 9.17) is 0 Å². The fourth-order valence-electron chi connectivity index (χ4n) is 0.903. The standard InChI is InChI=1S/C10H22N2O2/c1-5-9(13)6-11-7-10(14)12(4)8(2)3/h8-9,11,13H,5-7H2,1-4H3. The summed E-state index contributed by atoms with van der Waals surface area (Å²) in [4.78, 5) is 13.1. The molecule has 0 rings (SSSR count). The largest absolute Gasteiger partial charge is 0.392 e. The number of nitrogens with one attached hydrogen (secondary N) is 1. The zero-order valence-corrected chi connectivity index (χ0v) is 9.58. The Kier molecular flexibility index (Phi) is 6.49. The molecule has 4 nitrogen and oxygen atoms in total. The number of hydrogen-bond donors (Lipinski definition) is 2. The Labute approximate surface area is 86.3 Å². The maximum absolute atomic E-state index is 11.4. The van der Waals surface area contributed by atoms with Gasteiger partial charge in [-0.15, -0.1) is 0 Å². The van der Waals surface area contributed by atoms with Crippen molar-refractivity contribution in [2.75, 3.05) is 20.1 Å². The minimum Gasteiger partial charge on any atom is -0.392 e. The predicted octanol–water partition coefficient (Wildman–Crippen LogP) is 0.214. The molecule has 2 N–H and O–H groups in total. The van der Waals surface area contributed by atoms with Gasteiger partial charge in [0.05, 0.1) is 12.6 Å². The van der Waals surface area contributed by atoms with E-state index in [1.165, 1.54) is 0 Å². The molecule has 0 aliphatic carbocycles. The van der Waals surface area contributed by atoms with Gasteiger partial charge in [-0.25, -0.2) is 0 Å². The molecule has 0 aliphatic rings. The molecule has 1 unspecified atom stereocenters. The average Bonchev–Trinajstić information content (AvgIpc) is 2.15. The number of carbonyl (C=O) groups excluding carboxylic acids is 1. The number of aliphatic hydroxyl groups excluding tert-OH is 1. The molecule has 0 aliphatic heterocycles. The second kappa shape index (κ2) is 6.79. The van der Waals surface area contributed by atoms with Crippen LogP contribution in [0.4, 0.5) is 0 Å². The van der Waals surface area contributed by atoms with Crippen LogP contribution in [-0.4, -0.2) is 48.2 Å². The Morgan fingerprint density at radius 2 is 2.07 bits per heavy atom. The number of aliphatic hydroxyl groups is 1. The number of amides is 1. The smallest absolute Gasteiger partial charge is 0.236 e. The van der Waals surface area contributed by atoms with Gasteiger partial charge in [-0.3, -0.25) is 4.79 Å². The first kappa shape index (κ1) is 13.4. The first-order chi connectivity index (χ1) is 6.49. The minimum absolute atomic E-state index is 0.0586. The summed E-state index contributed by atoms with van der Waals surface area (Å²) in [5.41, 5.74) is 0. The minimum atomic E-state index is -0.354. The summed E-state index contributed by atoms with van der Waals surface area (Å²) >= 11 is 0. The van der Waals surface area contributed by atoms with Crippen molar-refractivity contribution in [3.8, 4) is 0 Å². The summed E-state index contributed by atoms with van der Waals surface area (Å²) < 4.78 is 0. The van der Waals surface area contributed by atoms with Crippen LogP contribution >= 0.6 is 0 Å². The van der Waals surface area contributed by atoms with Gasteiger partial charge in [0.15, 0.2) is 0 Å². The Balaban J connectivity index is 3.64. The van der Waals surface area contributed by atoms with E-state index in [0.717, 1.165) is 0 Å². The normalized spacial score (nSPS) is 13.0. The lowest BCUT2D eigenvalue weighted by Crippen LogP contribution is -2.41. The van der Waals surface area contributed by atoms with Gasteiger partial charge in [-0.1, -0.05) is 6.92 Å². The van der Waals surface area contributed by atoms with Crippen LogP contribution in [0.3, 0.4) is 0 Å². The van der Waals surface area contributed by atoms with Crippen molar-refractivity contribution in [1.29, 1.82) is 0 Å². The van der Waals surface area contributed by atoms with Gasteiger partial charge in [0, 0.05) is 19.6 Å². The second-order valence-corrected chi connectivity index (χ2v) is 3.79. The van der Waals surface area contributed by atoms with Crippen molar-refractivity contribution in [1.82, 2.24) is 10.2 Å². The Bertz CT molecular complexity index is 172. The van der Waals surface area contributed by atoms with Gasteiger partial charge in [-0.2, -0.15) is 0 Å². The van der Waals surface area contributed by atoms with Crippen molar-refractivity contribution >= 4 is 5.91 Å². The van der Waals surface area contributed by atoms with Crippen LogP contribution in [0.15, 0.2) is 0 Å². The van der Waals surface area contributed by atoms with Crippen molar-refractivity contribution in [3.05, 3.63) is 0 Å². The lowest BCUT2D eigenvalue weighted by atomic mass is 10.3. The molecule has 0 aromatic rings. The highest BCUT2D eigenvalue weighted by Gasteiger charge is 2.11. The molecule has 84 valence electrons. The number of carbonyl (C=O) groups is 1. The summed E-state index contributed by atoms with van der Waals surface area (Å²) in [7, 11) is 1.78. The molecule has 0 aromatic heterocycles. The number of likely N-dealkylation sites (N-methyl/N-ethyl adjacent to an activating group) is 1. The fraction of sp³-hybridized carbons (Fsp3) is 0.900. The first-order valence-electron chi connectivity index (χ1n) is 5.13. The zero-order chi connectivity index (χ0) is 11.1. The van der Waals surface area contributed by atoms with E-state index in [-0.39, 0.29) is 18.1 Å². The molecule has 0 radical (unpaired) electrons. The quantitative estimate of drug-likeness (QED) is 0.647. The van der Waals surface area contributed by atoms with E-state index < -0.39 is 0 Å². The monoisotopic (exact) mass is 202 g/mol. The molecule has 1 atom stereocenters. The van der Waals surface area contributed by atoms with Crippen molar-refractivity contribution < 1.29 is 9.90 Å². The van der Waals surface area contributed by atoms with Crippen LogP contribution in [0.25, 0.3) is 0 Å². The SMILES string of the molecule is CCC(O)CNCC(=O)N(C)C(C)C. The first-order valence-corrected chi connectivity index (χ1v) is 5.13. The topological polar surface area (TPSA) is 52.6 Å². The molecule has 0 aromatic carbocycles. The Morgan fingerprint density at radius 3 is 2.50 bits per heavy atom. The zero-order valence-electron chi connectivity index (χ0n) is 9.58. The molecule has 0 saturated carbocycles. The third-order valence-corrected chi connectivity index (χ3v) is 2.30. The van der Waals surface area contributed by atoms with Crippen LogP contribution in [0.5, 0.6) is 0 Å². The third kappa shape index (κ3) is 5.19. The van der Waals surface area contributed by atoms with Gasteiger partial charge in [-0.05, 0) is 20.3 Å². The molecule has 14 heavy (non-hydrogen) atoms. The highest BCUT2D eigenvalue weighted by molar-refractivity contribution is 5.78. The van der Waals surface area contributed by atoms with E-state index in [1.807, 2.05) is 20.8 Å². The molecule has 4 heteroatoms. The summed E-state index contributed by atoms with van der Waals surface area (Å²) in [6, 6.07) is 0.223. The molecule has 1 amide bonds. The summed E-state index contributed by atoms with van der Waals surface area (Å²) in [5, 5.41) is 12.2. The van der Waals surface area contributed by atoms with Crippen molar-refractivity contribution in [3.63, 3.8) is 0 Å². The highest BCUT2D eigenvalue weighted by Crippen LogP contribution is 1.93. The predicted molar refractivity (Wildman–Crippen MR) is 57.1 cm³/mol. The average molecular weight is 202 g/mol. The van der Waals surface area contributed by atoms with E-state index in [1.54, 1.807) is 11.9 Å². The van der Waals surface area contributed by atoms with Crippen molar-refractivity contribution in [2.24, 2.45) is 0 Å². The molecule has 0 heterocycles. The van der Waals surface area contributed by atoms with Crippen LogP contribution < -0.4 is 5.32 Å². The summed E-state index contributed by atoms with van der Waals surface area (Å²) in [5.74, 6) is 0.0586. The lowest BCUT2D eigenvalue weighted by Gasteiger charge is -2.21. The van der Waals surface area contributed by atoms with Crippen LogP contribution in [-0.2, 0) is 4.79 Å². The fourth-order valence-corrected chi connectivity index (χ4v) is 0.903. The van der Waals surface area contributed by atoms with E-state index in [0.29, 0.717) is 19.5 Å². The molecular formula is C10H22N2O2. The number of hydrogen-bond acceptors (Lipinski definition) is 3. The molecule has 0 fully saturated rings. The maximum atomic E-state index is 11.4. The Hall–Kier alpha value is -0.610. The van der Waals surface area contributed by atoms with Crippen molar-refractivity contribution in [2.45, 2.75) is 39.3 Å². The van der Waals surface area contributed by atoms with Gasteiger partial charge >= 0.3 is 0 Å². The van der Waals surface area contributed by atoms with Crippen LogP contribution in [0, 0.1) is 0 Å². The van der Waals surface area contributed by atoms with Gasteiger partial charge in [0.1, 0.15) is 0 Å². The molecule has 0 saturated heterocycles. The summed E-state index contributed by atoms with van der Waals surface area (Å²) in [6.45, 7) is 6.63. The summed E-state index contributed by atoms with van der Waals surface area (Å²) in [6.07, 6.45) is 0.355. The van der Waals surface area contributed by atoms with Gasteiger partial charge < -0.3 is 15.3 Å². The van der Waals surface area contributed by atoms with Crippen LogP contribution in [0.2, 0.25) is 0 Å². The van der Waals surface area contributed by atoms with E-state index in [9.17, 15) is 9.90 Å². The molecule has 0 bridgehead atoms. The number of rotatable bonds is 6. The Morgan fingerprint density at radius 1 is 1.50 bits per heavy atom. The third-order valence-electron chi connectivity index (χ3n) is 2.30. The second-order valence-electron chi connectivity index (χ2n) is 3.79. The highest BCUT2D eigenvalue weighted by atomic mass is 16.3. The van der Waals surface area contributed by atoms with Crippen LogP contribution in [0.1, 0.15) is 27.2 Å². The van der Waals surface area contributed by atoms with E-state index >= 15 is 0 Å². The van der Waals surface area contributed by atoms with E-state index in [2.05, 4.69) is 5.32 Å². The molecule has 0 spiro atoms. The number of nitrogens with zero attached hydrogens (tertiary/aromatic N) is 1. The van der Waals surface area contributed by atoms with Gasteiger partial charge in [0.2, 0.25) is 5.91 Å².